The fourth-order valence-electron chi connectivity index (χ4n) is 3.71. The van der Waals surface area contributed by atoms with Gasteiger partial charge in [-0.3, -0.25) is 0 Å². The summed E-state index contributed by atoms with van der Waals surface area (Å²) in [7, 11) is 0. The smallest absolute Gasteiger partial charge is 0.198 e. The zero-order valence-corrected chi connectivity index (χ0v) is 19.3. The van der Waals surface area contributed by atoms with Gasteiger partial charge < -0.3 is 4.74 Å². The van der Waals surface area contributed by atoms with E-state index in [2.05, 4.69) is 28.4 Å². The quantitative estimate of drug-likeness (QED) is 0.286. The minimum Gasteiger partial charge on any atom is -0.372 e. The van der Waals surface area contributed by atoms with Gasteiger partial charge in [0, 0.05) is 17.1 Å². The molecule has 1 atom stereocenters. The summed E-state index contributed by atoms with van der Waals surface area (Å²) in [6.45, 7) is 5.04. The van der Waals surface area contributed by atoms with E-state index in [1.165, 1.54) is 22.6 Å². The van der Waals surface area contributed by atoms with Crippen LogP contribution < -0.4 is 0 Å². The average molecular weight is 461 g/mol. The molecule has 0 N–H and O–H groups in total. The minimum atomic E-state index is -0.223. The van der Waals surface area contributed by atoms with Crippen LogP contribution in [0.25, 0.3) is 15.9 Å². The van der Waals surface area contributed by atoms with Crippen molar-refractivity contribution in [3.63, 3.8) is 0 Å². The van der Waals surface area contributed by atoms with Gasteiger partial charge >= 0.3 is 0 Å². The summed E-state index contributed by atoms with van der Waals surface area (Å²) >= 11 is 4.89. The number of nitrogens with zero attached hydrogens (tertiary/aromatic N) is 4. The van der Waals surface area contributed by atoms with Crippen LogP contribution in [0.1, 0.15) is 29.9 Å². The van der Waals surface area contributed by atoms with Crippen LogP contribution in [0.3, 0.4) is 0 Å². The summed E-state index contributed by atoms with van der Waals surface area (Å²) in [6, 6.07) is 6.58. The van der Waals surface area contributed by atoms with Crippen molar-refractivity contribution in [3.8, 4) is 0 Å². The summed E-state index contributed by atoms with van der Waals surface area (Å²) in [4.78, 5) is 7.20. The van der Waals surface area contributed by atoms with Gasteiger partial charge in [0.25, 0.3) is 0 Å². The van der Waals surface area contributed by atoms with E-state index in [0.29, 0.717) is 18.3 Å². The first-order valence-electron chi connectivity index (χ1n) is 9.77. The molecule has 4 aromatic rings. The molecule has 5 nitrogen and oxygen atoms in total. The lowest BCUT2D eigenvalue weighted by Crippen LogP contribution is -2.26. The number of thiophene rings is 1. The van der Waals surface area contributed by atoms with Crippen molar-refractivity contribution in [2.24, 2.45) is 5.92 Å². The second kappa shape index (κ2) is 8.11. The summed E-state index contributed by atoms with van der Waals surface area (Å²) < 4.78 is 21.3. The van der Waals surface area contributed by atoms with Crippen LogP contribution >= 0.6 is 34.9 Å². The molecule has 0 radical (unpaired) electrons. The summed E-state index contributed by atoms with van der Waals surface area (Å²) in [5.74, 6) is 0.930. The van der Waals surface area contributed by atoms with Crippen molar-refractivity contribution in [2.75, 3.05) is 6.26 Å². The Morgan fingerprint density at radius 1 is 1.23 bits per heavy atom. The number of aromatic nitrogens is 4. The van der Waals surface area contributed by atoms with Crippen molar-refractivity contribution < 1.29 is 9.13 Å². The number of halogens is 1. The number of hydrogen-bond acceptors (Lipinski definition) is 7. The molecule has 4 heterocycles. The van der Waals surface area contributed by atoms with Crippen LogP contribution in [0.15, 0.2) is 34.6 Å². The van der Waals surface area contributed by atoms with Gasteiger partial charge in [0.1, 0.15) is 10.6 Å². The molecule has 0 unspecified atom stereocenters. The van der Waals surface area contributed by atoms with Gasteiger partial charge in [0.15, 0.2) is 16.0 Å². The molecule has 1 aromatic carbocycles. The number of fused-ring (bicyclic) bond motifs is 5. The van der Waals surface area contributed by atoms with Crippen LogP contribution in [0.4, 0.5) is 4.39 Å². The molecular formula is C21H21FN4OS3. The van der Waals surface area contributed by atoms with E-state index in [4.69, 9.17) is 9.72 Å². The molecule has 1 aliphatic heterocycles. The molecule has 0 saturated carbocycles. The summed E-state index contributed by atoms with van der Waals surface area (Å²) in [6.07, 6.45) is 3.12. The Labute approximate surface area is 186 Å². The fraction of sp³-hybridized carbons (Fsp3) is 0.381. The van der Waals surface area contributed by atoms with E-state index in [1.54, 1.807) is 47.0 Å². The third-order valence-electron chi connectivity index (χ3n) is 5.36. The van der Waals surface area contributed by atoms with Crippen LogP contribution in [-0.4, -0.2) is 31.9 Å². The van der Waals surface area contributed by atoms with Crippen molar-refractivity contribution in [2.45, 2.75) is 49.0 Å². The van der Waals surface area contributed by atoms with E-state index in [9.17, 15) is 4.39 Å². The van der Waals surface area contributed by atoms with Crippen LogP contribution in [0, 0.1) is 11.7 Å². The van der Waals surface area contributed by atoms with Crippen molar-refractivity contribution >= 4 is 50.7 Å². The van der Waals surface area contributed by atoms with E-state index in [-0.39, 0.29) is 11.9 Å². The number of ether oxygens (including phenoxy) is 1. The predicted molar refractivity (Wildman–Crippen MR) is 121 cm³/mol. The van der Waals surface area contributed by atoms with Crippen LogP contribution in [-0.2, 0) is 23.5 Å². The SMILES string of the molecule is CSc1nc2sc3c(c2c2nnc(SCc4ccc(F)cc4)n12)C[C@H](C(C)C)OC3. The number of benzene rings is 1. The van der Waals surface area contributed by atoms with Crippen molar-refractivity contribution in [1.29, 1.82) is 0 Å². The largest absolute Gasteiger partial charge is 0.372 e. The van der Waals surface area contributed by atoms with E-state index in [1.807, 2.05) is 6.26 Å². The number of thioether (sulfide) groups is 2. The maximum Gasteiger partial charge on any atom is 0.198 e. The molecule has 3 aromatic heterocycles. The van der Waals surface area contributed by atoms with Gasteiger partial charge in [-0.15, -0.1) is 21.5 Å². The van der Waals surface area contributed by atoms with Crippen LogP contribution in [0.5, 0.6) is 0 Å². The molecule has 156 valence electrons. The molecule has 0 aliphatic carbocycles. The second-order valence-electron chi connectivity index (χ2n) is 7.64. The molecule has 1 aliphatic rings. The van der Waals surface area contributed by atoms with Gasteiger partial charge in [-0.1, -0.05) is 49.5 Å². The van der Waals surface area contributed by atoms with Crippen LogP contribution in [0.2, 0.25) is 0 Å². The van der Waals surface area contributed by atoms with Crippen molar-refractivity contribution in [3.05, 3.63) is 46.1 Å². The maximum atomic E-state index is 13.2. The van der Waals surface area contributed by atoms with Gasteiger partial charge in [-0.2, -0.15) is 0 Å². The summed E-state index contributed by atoms with van der Waals surface area (Å²) in [5, 5.41) is 11.9. The highest BCUT2D eigenvalue weighted by molar-refractivity contribution is 7.99. The summed E-state index contributed by atoms with van der Waals surface area (Å²) in [5.41, 5.74) is 3.23. The zero-order valence-electron chi connectivity index (χ0n) is 16.9. The fourth-order valence-corrected chi connectivity index (χ4v) is 6.37. The van der Waals surface area contributed by atoms with E-state index >= 15 is 0 Å². The highest BCUT2D eigenvalue weighted by Crippen LogP contribution is 2.40. The molecular weight excluding hydrogens is 439 g/mol. The molecule has 0 bridgehead atoms. The Morgan fingerprint density at radius 2 is 2.03 bits per heavy atom. The third kappa shape index (κ3) is 3.51. The van der Waals surface area contributed by atoms with E-state index in [0.717, 1.165) is 38.2 Å². The Kier molecular flexibility index (Phi) is 5.47. The second-order valence-corrected chi connectivity index (χ2v) is 10.4. The molecule has 9 heteroatoms. The Bertz CT molecular complexity index is 1220. The molecule has 5 rings (SSSR count). The predicted octanol–water partition coefficient (Wildman–Crippen LogP) is 5.59. The van der Waals surface area contributed by atoms with Gasteiger partial charge in [-0.05, 0) is 35.4 Å². The van der Waals surface area contributed by atoms with Crippen molar-refractivity contribution in [1.82, 2.24) is 19.6 Å². The molecule has 0 amide bonds. The monoisotopic (exact) mass is 460 g/mol. The lowest BCUT2D eigenvalue weighted by atomic mass is 9.96. The lowest BCUT2D eigenvalue weighted by Gasteiger charge is -2.26. The maximum absolute atomic E-state index is 13.2. The molecule has 0 spiro atoms. The topological polar surface area (TPSA) is 52.3 Å². The highest BCUT2D eigenvalue weighted by atomic mass is 32.2. The first-order valence-corrected chi connectivity index (χ1v) is 12.8. The highest BCUT2D eigenvalue weighted by Gasteiger charge is 2.28. The Morgan fingerprint density at radius 3 is 2.77 bits per heavy atom. The average Bonchev–Trinajstić information content (AvgIpc) is 3.33. The van der Waals surface area contributed by atoms with E-state index < -0.39 is 0 Å². The molecule has 0 fully saturated rings. The lowest BCUT2D eigenvalue weighted by molar-refractivity contribution is 0.00203. The van der Waals surface area contributed by atoms with Gasteiger partial charge in [-0.25, -0.2) is 13.8 Å². The first-order chi connectivity index (χ1) is 14.5. The molecule has 30 heavy (non-hydrogen) atoms. The third-order valence-corrected chi connectivity index (χ3v) is 8.10. The Balaban J connectivity index is 1.58. The Hall–Kier alpha value is -1.68. The zero-order chi connectivity index (χ0) is 20.8. The first kappa shape index (κ1) is 20.2. The molecule has 0 saturated heterocycles. The standard InChI is InChI=1S/C21H21FN4OS3/c1-11(2)15-8-14-16(9-27-15)30-19-17(14)18-24-25-21(26(18)20(23-19)28-3)29-10-12-4-6-13(22)7-5-12/h4-7,11,15H,8-10H2,1-3H3/t15-/m1/s1. The number of rotatable bonds is 5. The van der Waals surface area contributed by atoms with Gasteiger partial charge in [0.2, 0.25) is 0 Å². The minimum absolute atomic E-state index is 0.214. The number of hydrogen-bond donors (Lipinski definition) is 0. The van der Waals surface area contributed by atoms with Gasteiger partial charge in [0.05, 0.1) is 18.1 Å². The normalized spacial score (nSPS) is 16.6.